The summed E-state index contributed by atoms with van der Waals surface area (Å²) in [6.45, 7) is 5.71. The summed E-state index contributed by atoms with van der Waals surface area (Å²) in [6.07, 6.45) is 0.0899. The van der Waals surface area contributed by atoms with Crippen LogP contribution in [0.25, 0.3) is 0 Å². The molecule has 0 saturated carbocycles. The summed E-state index contributed by atoms with van der Waals surface area (Å²) < 4.78 is 0. The number of rotatable bonds is 1. The molecule has 1 heterocycles. The number of aliphatic imine (C=N–C) groups is 1. The van der Waals surface area contributed by atoms with Crippen LogP contribution in [-0.4, -0.2) is 28.1 Å². The first kappa shape index (κ1) is 9.42. The van der Waals surface area contributed by atoms with Gasteiger partial charge >= 0.3 is 0 Å². The van der Waals surface area contributed by atoms with Gasteiger partial charge in [-0.2, -0.15) is 0 Å². The van der Waals surface area contributed by atoms with Gasteiger partial charge < -0.3 is 10.2 Å². The van der Waals surface area contributed by atoms with Crippen molar-refractivity contribution in [3.8, 4) is 0 Å². The van der Waals surface area contributed by atoms with Gasteiger partial charge in [-0.15, -0.1) is 0 Å². The minimum absolute atomic E-state index is 0.187. The molecule has 0 aliphatic carbocycles. The number of aliphatic hydroxyl groups excluding tert-OH is 2. The lowest BCUT2D eigenvalue weighted by Gasteiger charge is -2.12. The predicted octanol–water partition coefficient (Wildman–Crippen LogP) is 0.723. The van der Waals surface area contributed by atoms with Crippen LogP contribution in [0.15, 0.2) is 16.8 Å². The highest BCUT2D eigenvalue weighted by Crippen LogP contribution is 2.22. The third-order valence-electron chi connectivity index (χ3n) is 2.05. The van der Waals surface area contributed by atoms with E-state index in [9.17, 15) is 10.2 Å². The number of aliphatic hydroxyl groups is 2. The van der Waals surface area contributed by atoms with Gasteiger partial charge in [0.05, 0.1) is 11.4 Å². The zero-order chi connectivity index (χ0) is 9.30. The maximum Gasteiger partial charge on any atom is 0.127 e. The molecule has 3 nitrogen and oxygen atoms in total. The molecule has 12 heavy (non-hydrogen) atoms. The van der Waals surface area contributed by atoms with Crippen LogP contribution in [0.2, 0.25) is 0 Å². The Labute approximate surface area is 72.4 Å². The maximum atomic E-state index is 9.51. The summed E-state index contributed by atoms with van der Waals surface area (Å²) in [5.74, 6) is 0.187. The number of allylic oxidation sites excluding steroid dienone is 1. The molecule has 0 bridgehead atoms. The molecule has 0 radical (unpaired) electrons. The fourth-order valence-electron chi connectivity index (χ4n) is 1.31. The van der Waals surface area contributed by atoms with E-state index in [1.807, 2.05) is 13.8 Å². The summed E-state index contributed by atoms with van der Waals surface area (Å²) in [5.41, 5.74) is 1.25. The Bertz CT molecular complexity index is 231. The molecule has 0 aromatic rings. The first-order valence-electron chi connectivity index (χ1n) is 4.18. The number of hydrogen-bond acceptors (Lipinski definition) is 3. The normalized spacial score (nSPS) is 33.2. The molecule has 0 saturated heterocycles. The van der Waals surface area contributed by atoms with Crippen LogP contribution in [0.1, 0.15) is 20.8 Å². The minimum atomic E-state index is -0.826. The molecule has 3 heteroatoms. The first-order chi connectivity index (χ1) is 5.57. The molecule has 68 valence electrons. The monoisotopic (exact) mass is 169 g/mol. The molecule has 0 aromatic carbocycles. The van der Waals surface area contributed by atoms with Crippen LogP contribution in [-0.2, 0) is 0 Å². The second-order valence-electron chi connectivity index (χ2n) is 3.29. The van der Waals surface area contributed by atoms with E-state index in [1.165, 1.54) is 0 Å². The Morgan fingerprint density at radius 2 is 1.92 bits per heavy atom. The fraction of sp³-hybridized carbons (Fsp3) is 0.667. The Kier molecular flexibility index (Phi) is 2.65. The van der Waals surface area contributed by atoms with Crippen LogP contribution in [0.3, 0.4) is 0 Å². The summed E-state index contributed by atoms with van der Waals surface area (Å²) in [6, 6.07) is 0. The Hall–Kier alpha value is -0.670. The lowest BCUT2D eigenvalue weighted by atomic mass is 10.0. The molecule has 0 amide bonds. The van der Waals surface area contributed by atoms with E-state index in [1.54, 1.807) is 13.0 Å². The molecular weight excluding hydrogens is 154 g/mol. The largest absolute Gasteiger partial charge is 0.384 e. The SMILES string of the molecule is C/C=C1/N=C(C(C)C)[C@H](O)[C@@H]1O. The third kappa shape index (κ3) is 1.42. The molecule has 0 aromatic heterocycles. The van der Waals surface area contributed by atoms with E-state index in [-0.39, 0.29) is 5.92 Å². The van der Waals surface area contributed by atoms with Crippen molar-refractivity contribution in [3.05, 3.63) is 11.8 Å². The number of hydrogen-bond donors (Lipinski definition) is 2. The van der Waals surface area contributed by atoms with Gasteiger partial charge in [-0.1, -0.05) is 19.9 Å². The van der Waals surface area contributed by atoms with Crippen LogP contribution < -0.4 is 0 Å². The average Bonchev–Trinajstić information content (AvgIpc) is 2.30. The van der Waals surface area contributed by atoms with Crippen molar-refractivity contribution in [2.45, 2.75) is 33.0 Å². The molecule has 0 unspecified atom stereocenters. The smallest absolute Gasteiger partial charge is 0.127 e. The minimum Gasteiger partial charge on any atom is -0.384 e. The first-order valence-corrected chi connectivity index (χ1v) is 4.18. The van der Waals surface area contributed by atoms with E-state index < -0.39 is 12.2 Å². The van der Waals surface area contributed by atoms with Crippen molar-refractivity contribution < 1.29 is 10.2 Å². The van der Waals surface area contributed by atoms with Gasteiger partial charge in [0.25, 0.3) is 0 Å². The summed E-state index contributed by atoms with van der Waals surface area (Å²) in [5, 5.41) is 19.0. The Balaban J connectivity index is 2.91. The van der Waals surface area contributed by atoms with E-state index >= 15 is 0 Å². The quantitative estimate of drug-likeness (QED) is 0.607. The van der Waals surface area contributed by atoms with Gasteiger partial charge in [-0.25, -0.2) is 0 Å². The van der Waals surface area contributed by atoms with Crippen LogP contribution in [0.5, 0.6) is 0 Å². The molecule has 2 atom stereocenters. The molecule has 0 fully saturated rings. The van der Waals surface area contributed by atoms with Crippen molar-refractivity contribution in [1.29, 1.82) is 0 Å². The van der Waals surface area contributed by atoms with Crippen molar-refractivity contribution in [2.75, 3.05) is 0 Å². The number of nitrogens with zero attached hydrogens (tertiary/aromatic N) is 1. The summed E-state index contributed by atoms with van der Waals surface area (Å²) >= 11 is 0. The van der Waals surface area contributed by atoms with Crippen LogP contribution in [0, 0.1) is 5.92 Å². The second kappa shape index (κ2) is 3.37. The maximum absolute atomic E-state index is 9.51. The molecule has 1 aliphatic rings. The summed E-state index contributed by atoms with van der Waals surface area (Å²) in [7, 11) is 0. The zero-order valence-corrected chi connectivity index (χ0v) is 7.65. The van der Waals surface area contributed by atoms with Gasteiger partial charge in [0.1, 0.15) is 12.2 Å². The van der Waals surface area contributed by atoms with Gasteiger partial charge in [-0.05, 0) is 12.8 Å². The lowest BCUT2D eigenvalue weighted by molar-refractivity contribution is 0.0907. The Morgan fingerprint density at radius 3 is 2.17 bits per heavy atom. The molecule has 1 rings (SSSR count). The van der Waals surface area contributed by atoms with Crippen molar-refractivity contribution >= 4 is 5.71 Å². The topological polar surface area (TPSA) is 52.8 Å². The standard InChI is InChI=1S/C9H15NO2/c1-4-6-8(11)9(12)7(10-6)5(2)3/h4-5,8-9,11-12H,1-3H3/b6-4+/t8-,9+/m1/s1. The molecule has 1 aliphatic heterocycles. The van der Waals surface area contributed by atoms with Gasteiger partial charge in [0.15, 0.2) is 0 Å². The van der Waals surface area contributed by atoms with Crippen LogP contribution in [0.4, 0.5) is 0 Å². The third-order valence-corrected chi connectivity index (χ3v) is 2.05. The van der Waals surface area contributed by atoms with Gasteiger partial charge in [0.2, 0.25) is 0 Å². The van der Waals surface area contributed by atoms with E-state index in [2.05, 4.69) is 4.99 Å². The highest BCUT2D eigenvalue weighted by atomic mass is 16.3. The molecule has 2 N–H and O–H groups in total. The molecule has 0 spiro atoms. The fourth-order valence-corrected chi connectivity index (χ4v) is 1.31. The zero-order valence-electron chi connectivity index (χ0n) is 7.65. The highest BCUT2D eigenvalue weighted by molar-refractivity contribution is 5.94. The lowest BCUT2D eigenvalue weighted by Crippen LogP contribution is -2.31. The Morgan fingerprint density at radius 1 is 1.33 bits per heavy atom. The van der Waals surface area contributed by atoms with Gasteiger partial charge in [0, 0.05) is 0 Å². The van der Waals surface area contributed by atoms with Crippen molar-refractivity contribution in [3.63, 3.8) is 0 Å². The summed E-state index contributed by atoms with van der Waals surface area (Å²) in [4.78, 5) is 4.15. The van der Waals surface area contributed by atoms with E-state index in [4.69, 9.17) is 0 Å². The second-order valence-corrected chi connectivity index (χ2v) is 3.29. The van der Waals surface area contributed by atoms with E-state index in [0.29, 0.717) is 11.4 Å². The highest BCUT2D eigenvalue weighted by Gasteiger charge is 2.32. The van der Waals surface area contributed by atoms with Crippen molar-refractivity contribution in [2.24, 2.45) is 10.9 Å². The van der Waals surface area contributed by atoms with E-state index in [0.717, 1.165) is 0 Å². The average molecular weight is 169 g/mol. The van der Waals surface area contributed by atoms with Crippen LogP contribution >= 0.6 is 0 Å². The van der Waals surface area contributed by atoms with Gasteiger partial charge in [-0.3, -0.25) is 4.99 Å². The van der Waals surface area contributed by atoms with Crippen molar-refractivity contribution in [1.82, 2.24) is 0 Å². The molecular formula is C9H15NO2. The predicted molar refractivity (Wildman–Crippen MR) is 48.0 cm³/mol.